The molecule has 2 rings (SSSR count). The van der Waals surface area contributed by atoms with Crippen LogP contribution in [0.1, 0.15) is 51.9 Å². The molecule has 1 heterocycles. The number of hydrogen-bond acceptors (Lipinski definition) is 2. The van der Waals surface area contributed by atoms with Gasteiger partial charge in [-0.3, -0.25) is 0 Å². The monoisotopic (exact) mass is 282 g/mol. The van der Waals surface area contributed by atoms with Gasteiger partial charge >= 0.3 is 12.0 Å². The van der Waals surface area contributed by atoms with Crippen molar-refractivity contribution in [2.75, 3.05) is 13.1 Å². The standard InChI is InChI=1S/C15H26N2O3/c1-11-4-2-5-12(10-11)7-8-16-15(20)17-9-3-6-13(17)14(18)19/h11-13H,2-10H2,1H3,(H,16,20)(H,18,19)/t11?,12?,13-/m1/s1. The molecule has 0 bridgehead atoms. The maximum atomic E-state index is 12.0. The molecule has 20 heavy (non-hydrogen) atoms. The normalized spacial score (nSPS) is 30.2. The Balaban J connectivity index is 1.71. The highest BCUT2D eigenvalue weighted by Crippen LogP contribution is 2.30. The third kappa shape index (κ3) is 3.87. The largest absolute Gasteiger partial charge is 0.480 e. The van der Waals surface area contributed by atoms with Crippen LogP contribution in [0.5, 0.6) is 0 Å². The van der Waals surface area contributed by atoms with E-state index in [2.05, 4.69) is 12.2 Å². The second-order valence-corrected chi connectivity index (χ2v) is 6.35. The van der Waals surface area contributed by atoms with Crippen molar-refractivity contribution in [1.29, 1.82) is 0 Å². The molecule has 0 aromatic rings. The van der Waals surface area contributed by atoms with Gasteiger partial charge in [-0.2, -0.15) is 0 Å². The molecule has 2 amide bonds. The maximum absolute atomic E-state index is 12.0. The predicted octanol–water partition coefficient (Wildman–Crippen LogP) is 2.46. The fraction of sp³-hybridized carbons (Fsp3) is 0.867. The number of carboxylic acids is 1. The summed E-state index contributed by atoms with van der Waals surface area (Å²) in [5.74, 6) is 0.631. The predicted molar refractivity (Wildman–Crippen MR) is 76.5 cm³/mol. The lowest BCUT2D eigenvalue weighted by Gasteiger charge is -2.27. The van der Waals surface area contributed by atoms with E-state index < -0.39 is 12.0 Å². The van der Waals surface area contributed by atoms with E-state index in [4.69, 9.17) is 5.11 Å². The number of urea groups is 1. The summed E-state index contributed by atoms with van der Waals surface area (Å²) in [6.45, 7) is 3.52. The van der Waals surface area contributed by atoms with Gasteiger partial charge in [0, 0.05) is 13.1 Å². The Kier molecular flexibility index (Phi) is 5.26. The molecule has 0 spiro atoms. The van der Waals surface area contributed by atoms with Crippen LogP contribution in [0.4, 0.5) is 4.79 Å². The first kappa shape index (κ1) is 15.1. The summed E-state index contributed by atoms with van der Waals surface area (Å²) in [4.78, 5) is 24.5. The van der Waals surface area contributed by atoms with Gasteiger partial charge in [0.05, 0.1) is 0 Å². The van der Waals surface area contributed by atoms with E-state index in [0.717, 1.165) is 18.8 Å². The molecule has 1 aliphatic heterocycles. The molecule has 114 valence electrons. The summed E-state index contributed by atoms with van der Waals surface area (Å²) < 4.78 is 0. The molecular weight excluding hydrogens is 256 g/mol. The average molecular weight is 282 g/mol. The maximum Gasteiger partial charge on any atom is 0.326 e. The number of nitrogens with zero attached hydrogens (tertiary/aromatic N) is 1. The molecule has 0 aromatic carbocycles. The van der Waals surface area contributed by atoms with Crippen molar-refractivity contribution in [3.8, 4) is 0 Å². The van der Waals surface area contributed by atoms with Gasteiger partial charge in [0.1, 0.15) is 6.04 Å². The Morgan fingerprint density at radius 2 is 2.05 bits per heavy atom. The quantitative estimate of drug-likeness (QED) is 0.832. The smallest absolute Gasteiger partial charge is 0.326 e. The highest BCUT2D eigenvalue weighted by molar-refractivity contribution is 5.83. The van der Waals surface area contributed by atoms with Crippen LogP contribution in [0.2, 0.25) is 0 Å². The van der Waals surface area contributed by atoms with Crippen LogP contribution in [0, 0.1) is 11.8 Å². The first-order valence-electron chi connectivity index (χ1n) is 7.85. The Hall–Kier alpha value is -1.26. The van der Waals surface area contributed by atoms with Crippen LogP contribution in [0.3, 0.4) is 0 Å². The summed E-state index contributed by atoms with van der Waals surface area (Å²) in [5.41, 5.74) is 0. The number of rotatable bonds is 4. The third-order valence-electron chi connectivity index (χ3n) is 4.67. The number of likely N-dealkylation sites (tertiary alicyclic amines) is 1. The Morgan fingerprint density at radius 3 is 2.75 bits per heavy atom. The molecule has 2 unspecified atom stereocenters. The van der Waals surface area contributed by atoms with E-state index in [0.29, 0.717) is 25.4 Å². The van der Waals surface area contributed by atoms with Crippen LogP contribution in [0.15, 0.2) is 0 Å². The van der Waals surface area contributed by atoms with E-state index in [9.17, 15) is 9.59 Å². The third-order valence-corrected chi connectivity index (χ3v) is 4.67. The zero-order valence-corrected chi connectivity index (χ0v) is 12.3. The van der Waals surface area contributed by atoms with E-state index in [-0.39, 0.29) is 6.03 Å². The first-order valence-corrected chi connectivity index (χ1v) is 7.85. The molecule has 2 aliphatic rings. The molecule has 3 atom stereocenters. The van der Waals surface area contributed by atoms with E-state index in [1.807, 2.05) is 0 Å². The number of carbonyl (C=O) groups is 2. The topological polar surface area (TPSA) is 69.6 Å². The molecule has 1 saturated carbocycles. The second kappa shape index (κ2) is 6.95. The zero-order valence-electron chi connectivity index (χ0n) is 12.3. The van der Waals surface area contributed by atoms with E-state index in [1.54, 1.807) is 0 Å². The summed E-state index contributed by atoms with van der Waals surface area (Å²) >= 11 is 0. The average Bonchev–Trinajstić information content (AvgIpc) is 2.88. The molecule has 2 fully saturated rings. The summed E-state index contributed by atoms with van der Waals surface area (Å²) in [5, 5.41) is 12.0. The Labute approximate surface area is 120 Å². The van der Waals surface area contributed by atoms with Crippen molar-refractivity contribution in [2.45, 2.75) is 57.9 Å². The Morgan fingerprint density at radius 1 is 1.25 bits per heavy atom. The van der Waals surface area contributed by atoms with Gasteiger partial charge in [0.15, 0.2) is 0 Å². The van der Waals surface area contributed by atoms with Crippen molar-refractivity contribution < 1.29 is 14.7 Å². The van der Waals surface area contributed by atoms with Crippen molar-refractivity contribution in [1.82, 2.24) is 10.2 Å². The second-order valence-electron chi connectivity index (χ2n) is 6.35. The molecule has 1 saturated heterocycles. The van der Waals surface area contributed by atoms with Crippen molar-refractivity contribution in [3.05, 3.63) is 0 Å². The van der Waals surface area contributed by atoms with Crippen LogP contribution in [-0.4, -0.2) is 41.1 Å². The SMILES string of the molecule is CC1CCCC(CCNC(=O)N2CCC[C@@H]2C(=O)O)C1. The van der Waals surface area contributed by atoms with Crippen molar-refractivity contribution >= 4 is 12.0 Å². The lowest BCUT2D eigenvalue weighted by Crippen LogP contribution is -2.46. The molecular formula is C15H26N2O3. The van der Waals surface area contributed by atoms with Crippen LogP contribution < -0.4 is 5.32 Å². The van der Waals surface area contributed by atoms with Crippen LogP contribution >= 0.6 is 0 Å². The zero-order chi connectivity index (χ0) is 14.5. The number of carboxylic acid groups (broad SMARTS) is 1. The minimum atomic E-state index is -0.890. The molecule has 0 radical (unpaired) electrons. The van der Waals surface area contributed by atoms with Gasteiger partial charge < -0.3 is 15.3 Å². The minimum absolute atomic E-state index is 0.209. The van der Waals surface area contributed by atoms with E-state index in [1.165, 1.54) is 30.6 Å². The molecule has 1 aliphatic carbocycles. The van der Waals surface area contributed by atoms with Crippen LogP contribution in [0.25, 0.3) is 0 Å². The van der Waals surface area contributed by atoms with Crippen molar-refractivity contribution in [2.24, 2.45) is 11.8 Å². The van der Waals surface area contributed by atoms with Crippen LogP contribution in [-0.2, 0) is 4.79 Å². The number of carbonyl (C=O) groups excluding carboxylic acids is 1. The van der Waals surface area contributed by atoms with Gasteiger partial charge in [0.2, 0.25) is 0 Å². The lowest BCUT2D eigenvalue weighted by atomic mass is 9.81. The number of amides is 2. The highest BCUT2D eigenvalue weighted by Gasteiger charge is 2.33. The highest BCUT2D eigenvalue weighted by atomic mass is 16.4. The summed E-state index contributed by atoms with van der Waals surface area (Å²) in [6.07, 6.45) is 7.53. The fourth-order valence-corrected chi connectivity index (χ4v) is 3.57. The number of aliphatic carboxylic acids is 1. The Bertz CT molecular complexity index is 359. The molecule has 2 N–H and O–H groups in total. The minimum Gasteiger partial charge on any atom is -0.480 e. The fourth-order valence-electron chi connectivity index (χ4n) is 3.57. The first-order chi connectivity index (χ1) is 9.58. The number of nitrogens with one attached hydrogen (secondary N) is 1. The number of hydrogen-bond donors (Lipinski definition) is 2. The van der Waals surface area contributed by atoms with E-state index >= 15 is 0 Å². The van der Waals surface area contributed by atoms with Gasteiger partial charge in [-0.15, -0.1) is 0 Å². The van der Waals surface area contributed by atoms with Gasteiger partial charge in [-0.05, 0) is 37.5 Å². The van der Waals surface area contributed by atoms with Gasteiger partial charge in [-0.1, -0.05) is 26.2 Å². The molecule has 0 aromatic heterocycles. The summed E-state index contributed by atoms with van der Waals surface area (Å²) in [7, 11) is 0. The molecule has 5 nitrogen and oxygen atoms in total. The lowest BCUT2D eigenvalue weighted by molar-refractivity contribution is -0.141. The van der Waals surface area contributed by atoms with Crippen molar-refractivity contribution in [3.63, 3.8) is 0 Å². The van der Waals surface area contributed by atoms with Gasteiger partial charge in [0.25, 0.3) is 0 Å². The summed E-state index contributed by atoms with van der Waals surface area (Å²) in [6, 6.07) is -0.844. The van der Waals surface area contributed by atoms with Gasteiger partial charge in [-0.25, -0.2) is 9.59 Å². The molecule has 5 heteroatoms.